The molecule has 0 radical (unpaired) electrons. The Morgan fingerprint density at radius 1 is 1.21 bits per heavy atom. The van der Waals surface area contributed by atoms with Gasteiger partial charge in [0.1, 0.15) is 5.60 Å². The van der Waals surface area contributed by atoms with Crippen molar-refractivity contribution in [3.05, 3.63) is 29.8 Å². The number of carbonyl (C=O) groups is 1. The highest BCUT2D eigenvalue weighted by Crippen LogP contribution is 2.30. The molecule has 1 rings (SSSR count). The zero-order chi connectivity index (χ0) is 14.7. The summed E-state index contributed by atoms with van der Waals surface area (Å²) in [6.45, 7) is 5.03. The van der Waals surface area contributed by atoms with Crippen LogP contribution >= 0.6 is 0 Å². The van der Waals surface area contributed by atoms with Crippen LogP contribution in [0.3, 0.4) is 0 Å². The van der Waals surface area contributed by atoms with Crippen molar-refractivity contribution in [1.29, 1.82) is 0 Å². The zero-order valence-electron chi connectivity index (χ0n) is 10.8. The summed E-state index contributed by atoms with van der Waals surface area (Å²) in [6.07, 6.45) is -5.20. The minimum atomic E-state index is -4.43. The first-order chi connectivity index (χ1) is 8.58. The first-order valence-electron chi connectivity index (χ1n) is 5.50. The predicted molar refractivity (Wildman–Crippen MR) is 64.4 cm³/mol. The lowest BCUT2D eigenvalue weighted by Gasteiger charge is -2.20. The Balaban J connectivity index is 2.62. The van der Waals surface area contributed by atoms with Crippen LogP contribution in [0.25, 0.3) is 0 Å². The molecule has 0 bridgehead atoms. The molecular formula is C12H15F3N2O2. The molecule has 1 aromatic carbocycles. The Morgan fingerprint density at radius 2 is 1.84 bits per heavy atom. The van der Waals surface area contributed by atoms with E-state index in [-0.39, 0.29) is 5.69 Å². The number of ether oxygens (including phenoxy) is 1. The quantitative estimate of drug-likeness (QED) is 0.812. The van der Waals surface area contributed by atoms with E-state index in [1.54, 1.807) is 20.8 Å². The molecule has 19 heavy (non-hydrogen) atoms. The maximum Gasteiger partial charge on any atom is 0.426 e. The highest BCUT2D eigenvalue weighted by Gasteiger charge is 2.30. The second-order valence-electron chi connectivity index (χ2n) is 4.83. The zero-order valence-corrected chi connectivity index (χ0v) is 10.8. The number of amides is 1. The second-order valence-corrected chi connectivity index (χ2v) is 4.83. The van der Waals surface area contributed by atoms with Gasteiger partial charge in [-0.15, -0.1) is 0 Å². The molecule has 1 aromatic rings. The summed E-state index contributed by atoms with van der Waals surface area (Å²) in [7, 11) is 0. The fraction of sp³-hybridized carbons (Fsp3) is 0.417. The van der Waals surface area contributed by atoms with Crippen LogP contribution in [0, 0.1) is 0 Å². The second kappa shape index (κ2) is 5.38. The monoisotopic (exact) mass is 276 g/mol. The minimum absolute atomic E-state index is 0.112. The lowest BCUT2D eigenvalue weighted by Crippen LogP contribution is -2.35. The Labute approximate surface area is 108 Å². The van der Waals surface area contributed by atoms with Crippen molar-refractivity contribution < 1.29 is 22.7 Å². The smallest absolute Gasteiger partial charge is 0.426 e. The molecule has 1 amide bonds. The van der Waals surface area contributed by atoms with Gasteiger partial charge in [-0.2, -0.15) is 13.2 Å². The third-order valence-electron chi connectivity index (χ3n) is 1.90. The number of hydrogen-bond acceptors (Lipinski definition) is 3. The van der Waals surface area contributed by atoms with Crippen molar-refractivity contribution in [3.63, 3.8) is 0 Å². The number of alkyl halides is 3. The van der Waals surface area contributed by atoms with Gasteiger partial charge in [-0.3, -0.25) is 5.43 Å². The highest BCUT2D eigenvalue weighted by molar-refractivity contribution is 5.69. The van der Waals surface area contributed by atoms with Crippen molar-refractivity contribution in [3.8, 4) is 0 Å². The summed E-state index contributed by atoms with van der Waals surface area (Å²) in [4.78, 5) is 11.3. The van der Waals surface area contributed by atoms with E-state index in [2.05, 4.69) is 10.9 Å². The number of carbonyl (C=O) groups excluding carboxylic acids is 1. The van der Waals surface area contributed by atoms with Gasteiger partial charge in [0.05, 0.1) is 11.3 Å². The number of hydrazine groups is 1. The Bertz CT molecular complexity index is 453. The van der Waals surface area contributed by atoms with Crippen LogP contribution in [0.5, 0.6) is 0 Å². The molecule has 0 aliphatic rings. The van der Waals surface area contributed by atoms with Gasteiger partial charge in [-0.25, -0.2) is 10.2 Å². The summed E-state index contributed by atoms with van der Waals surface area (Å²) in [6, 6.07) is 4.46. The summed E-state index contributed by atoms with van der Waals surface area (Å²) >= 11 is 0. The first kappa shape index (κ1) is 15.1. The van der Waals surface area contributed by atoms with E-state index in [0.29, 0.717) is 0 Å². The van der Waals surface area contributed by atoms with Gasteiger partial charge in [0.25, 0.3) is 0 Å². The van der Waals surface area contributed by atoms with Gasteiger partial charge in [0.2, 0.25) is 0 Å². The molecule has 0 saturated heterocycles. The third-order valence-corrected chi connectivity index (χ3v) is 1.90. The van der Waals surface area contributed by atoms with Gasteiger partial charge in [0, 0.05) is 0 Å². The molecule has 0 atom stereocenters. The van der Waals surface area contributed by atoms with Crippen molar-refractivity contribution in [1.82, 2.24) is 5.43 Å². The molecule has 0 aromatic heterocycles. The summed E-state index contributed by atoms with van der Waals surface area (Å²) < 4.78 is 42.3. The van der Waals surface area contributed by atoms with E-state index in [4.69, 9.17) is 4.74 Å². The molecule has 106 valence electrons. The van der Waals surface area contributed by atoms with E-state index in [1.165, 1.54) is 12.1 Å². The standard InChI is InChI=1S/C12H15F3N2O2/c1-11(2,3)19-10(18)17-16-9-6-4-5-8(7-9)12(13,14)15/h4-7,16H,1-3H3,(H,17,18). The van der Waals surface area contributed by atoms with E-state index in [9.17, 15) is 18.0 Å². The molecule has 0 heterocycles. The van der Waals surface area contributed by atoms with Gasteiger partial charge in [-0.05, 0) is 39.0 Å². The fourth-order valence-corrected chi connectivity index (χ4v) is 1.20. The van der Waals surface area contributed by atoms with E-state index < -0.39 is 23.4 Å². The minimum Gasteiger partial charge on any atom is -0.443 e. The van der Waals surface area contributed by atoms with E-state index >= 15 is 0 Å². The molecule has 0 spiro atoms. The van der Waals surface area contributed by atoms with Crippen LogP contribution in [0.1, 0.15) is 26.3 Å². The molecule has 0 aliphatic heterocycles. The molecule has 0 aliphatic carbocycles. The topological polar surface area (TPSA) is 50.4 Å². The lowest BCUT2D eigenvalue weighted by molar-refractivity contribution is -0.137. The summed E-state index contributed by atoms with van der Waals surface area (Å²) in [5.41, 5.74) is 3.14. The molecule has 2 N–H and O–H groups in total. The van der Waals surface area contributed by atoms with Gasteiger partial charge >= 0.3 is 12.3 Å². The van der Waals surface area contributed by atoms with Gasteiger partial charge in [-0.1, -0.05) is 6.07 Å². The Kier molecular flexibility index (Phi) is 4.28. The van der Waals surface area contributed by atoms with Crippen molar-refractivity contribution in [2.24, 2.45) is 0 Å². The molecule has 0 saturated carbocycles. The van der Waals surface area contributed by atoms with Crippen LogP contribution in [0.2, 0.25) is 0 Å². The maximum atomic E-state index is 12.4. The molecule has 4 nitrogen and oxygen atoms in total. The third kappa shape index (κ3) is 5.50. The Morgan fingerprint density at radius 3 is 2.37 bits per heavy atom. The Hall–Kier alpha value is -1.92. The van der Waals surface area contributed by atoms with Gasteiger partial charge < -0.3 is 4.74 Å². The van der Waals surface area contributed by atoms with Crippen LogP contribution < -0.4 is 10.9 Å². The van der Waals surface area contributed by atoms with Gasteiger partial charge in [0.15, 0.2) is 0 Å². The molecule has 7 heteroatoms. The number of hydrogen-bond donors (Lipinski definition) is 2. The normalized spacial score (nSPS) is 11.9. The predicted octanol–water partition coefficient (Wildman–Crippen LogP) is 3.56. The van der Waals surface area contributed by atoms with Crippen LogP contribution in [-0.2, 0) is 10.9 Å². The average Bonchev–Trinajstić information content (AvgIpc) is 2.23. The highest BCUT2D eigenvalue weighted by atomic mass is 19.4. The molecular weight excluding hydrogens is 261 g/mol. The number of nitrogens with one attached hydrogen (secondary N) is 2. The largest absolute Gasteiger partial charge is 0.443 e. The number of anilines is 1. The van der Waals surface area contributed by atoms with Crippen LogP contribution in [-0.4, -0.2) is 11.7 Å². The van der Waals surface area contributed by atoms with Crippen molar-refractivity contribution in [2.45, 2.75) is 32.5 Å². The molecule has 0 fully saturated rings. The van der Waals surface area contributed by atoms with Crippen LogP contribution in [0.15, 0.2) is 24.3 Å². The van der Waals surface area contributed by atoms with Crippen molar-refractivity contribution >= 4 is 11.8 Å². The number of benzene rings is 1. The SMILES string of the molecule is CC(C)(C)OC(=O)NNc1cccc(C(F)(F)F)c1. The lowest BCUT2D eigenvalue weighted by atomic mass is 10.2. The average molecular weight is 276 g/mol. The van der Waals surface area contributed by atoms with E-state index in [1.807, 2.05) is 0 Å². The number of rotatable bonds is 2. The van der Waals surface area contributed by atoms with E-state index in [0.717, 1.165) is 12.1 Å². The molecule has 0 unspecified atom stereocenters. The van der Waals surface area contributed by atoms with Crippen molar-refractivity contribution in [2.75, 3.05) is 5.43 Å². The maximum absolute atomic E-state index is 12.4. The summed E-state index contributed by atoms with van der Waals surface area (Å²) in [5.74, 6) is 0. The first-order valence-corrected chi connectivity index (χ1v) is 5.50. The summed E-state index contributed by atoms with van der Waals surface area (Å²) in [5, 5.41) is 0. The fourth-order valence-electron chi connectivity index (χ4n) is 1.20. The number of halogens is 3. The van der Waals surface area contributed by atoms with Crippen LogP contribution in [0.4, 0.5) is 23.7 Å².